The third-order valence-corrected chi connectivity index (χ3v) is 1.85. The number of aliphatic hydroxyl groups is 1. The minimum Gasteiger partial charge on any atom is -0.396 e. The van der Waals surface area contributed by atoms with Crippen molar-refractivity contribution in [3.63, 3.8) is 0 Å². The zero-order valence-corrected chi connectivity index (χ0v) is 6.55. The molecule has 0 aliphatic carbocycles. The Hall–Kier alpha value is -0.570. The van der Waals surface area contributed by atoms with Crippen LogP contribution in [0.1, 0.15) is 26.7 Å². The molecule has 0 rings (SSSR count). The molecule has 0 aromatic heterocycles. The number of hydrogen-bond acceptors (Lipinski definition) is 2. The van der Waals surface area contributed by atoms with Crippen LogP contribution < -0.4 is 5.32 Å². The van der Waals surface area contributed by atoms with Crippen molar-refractivity contribution in [1.29, 1.82) is 0 Å². The summed E-state index contributed by atoms with van der Waals surface area (Å²) in [6.45, 7) is 4.01. The molecule has 0 heterocycles. The summed E-state index contributed by atoms with van der Waals surface area (Å²) in [5.41, 5.74) is -0.226. The van der Waals surface area contributed by atoms with Gasteiger partial charge in [-0.3, -0.25) is 4.79 Å². The SMILES string of the molecule is CCC(C)(CCO)NC=O. The van der Waals surface area contributed by atoms with E-state index >= 15 is 0 Å². The average Bonchev–Trinajstić information content (AvgIpc) is 1.89. The molecule has 0 aliphatic rings. The van der Waals surface area contributed by atoms with Gasteiger partial charge in [0.1, 0.15) is 0 Å². The molecule has 2 N–H and O–H groups in total. The minimum absolute atomic E-state index is 0.116. The van der Waals surface area contributed by atoms with E-state index in [0.29, 0.717) is 12.8 Å². The Balaban J connectivity index is 3.80. The summed E-state index contributed by atoms with van der Waals surface area (Å²) in [6.07, 6.45) is 2.13. The number of carbonyl (C=O) groups is 1. The molecule has 1 amide bonds. The molecule has 0 aromatic carbocycles. The van der Waals surface area contributed by atoms with Crippen molar-refractivity contribution in [2.45, 2.75) is 32.2 Å². The summed E-state index contributed by atoms with van der Waals surface area (Å²) >= 11 is 0. The molecule has 0 spiro atoms. The second-order valence-corrected chi connectivity index (χ2v) is 2.65. The minimum atomic E-state index is -0.226. The van der Waals surface area contributed by atoms with Crippen molar-refractivity contribution < 1.29 is 9.90 Å². The van der Waals surface area contributed by atoms with Gasteiger partial charge in [-0.25, -0.2) is 0 Å². The lowest BCUT2D eigenvalue weighted by Crippen LogP contribution is -2.41. The van der Waals surface area contributed by atoms with Crippen molar-refractivity contribution in [2.24, 2.45) is 0 Å². The molecule has 3 heteroatoms. The van der Waals surface area contributed by atoms with Gasteiger partial charge in [0.15, 0.2) is 0 Å². The van der Waals surface area contributed by atoms with Gasteiger partial charge in [0.05, 0.1) is 0 Å². The average molecular weight is 145 g/mol. The number of aliphatic hydroxyl groups excluding tert-OH is 1. The number of nitrogens with one attached hydrogen (secondary N) is 1. The van der Waals surface area contributed by atoms with E-state index in [1.807, 2.05) is 13.8 Å². The van der Waals surface area contributed by atoms with Crippen LogP contribution in [0, 0.1) is 0 Å². The summed E-state index contributed by atoms with van der Waals surface area (Å²) in [5, 5.41) is 11.3. The molecule has 3 nitrogen and oxygen atoms in total. The maximum atomic E-state index is 10.1. The molecule has 1 unspecified atom stereocenters. The van der Waals surface area contributed by atoms with Gasteiger partial charge in [-0.2, -0.15) is 0 Å². The third kappa shape index (κ3) is 2.82. The third-order valence-electron chi connectivity index (χ3n) is 1.85. The van der Waals surface area contributed by atoms with Crippen molar-refractivity contribution in [2.75, 3.05) is 6.61 Å². The Kier molecular flexibility index (Phi) is 4.03. The van der Waals surface area contributed by atoms with Crippen LogP contribution in [0.3, 0.4) is 0 Å². The summed E-state index contributed by atoms with van der Waals surface area (Å²) in [5.74, 6) is 0. The van der Waals surface area contributed by atoms with Crippen LogP contribution in [0.4, 0.5) is 0 Å². The van der Waals surface area contributed by atoms with Crippen LogP contribution in [0.15, 0.2) is 0 Å². The smallest absolute Gasteiger partial charge is 0.207 e. The Morgan fingerprint density at radius 1 is 1.70 bits per heavy atom. The van der Waals surface area contributed by atoms with Gasteiger partial charge < -0.3 is 10.4 Å². The zero-order chi connectivity index (χ0) is 8.04. The first kappa shape index (κ1) is 9.43. The van der Waals surface area contributed by atoms with Crippen molar-refractivity contribution in [1.82, 2.24) is 5.32 Å². The molecule has 0 saturated heterocycles. The first-order valence-corrected chi connectivity index (χ1v) is 3.50. The summed E-state index contributed by atoms with van der Waals surface area (Å²) in [4.78, 5) is 10.1. The Morgan fingerprint density at radius 3 is 2.60 bits per heavy atom. The second kappa shape index (κ2) is 4.28. The van der Waals surface area contributed by atoms with E-state index in [0.717, 1.165) is 6.42 Å². The molecular weight excluding hydrogens is 130 g/mol. The van der Waals surface area contributed by atoms with E-state index in [2.05, 4.69) is 5.32 Å². The Labute approximate surface area is 61.4 Å². The largest absolute Gasteiger partial charge is 0.396 e. The summed E-state index contributed by atoms with van der Waals surface area (Å²) < 4.78 is 0. The fourth-order valence-corrected chi connectivity index (χ4v) is 0.740. The highest BCUT2D eigenvalue weighted by Gasteiger charge is 2.19. The molecule has 1 atom stereocenters. The molecule has 0 radical (unpaired) electrons. The van der Waals surface area contributed by atoms with Gasteiger partial charge in [0.25, 0.3) is 0 Å². The topological polar surface area (TPSA) is 49.3 Å². The first-order valence-electron chi connectivity index (χ1n) is 3.50. The van der Waals surface area contributed by atoms with Gasteiger partial charge in [-0.15, -0.1) is 0 Å². The quantitative estimate of drug-likeness (QED) is 0.546. The highest BCUT2D eigenvalue weighted by atomic mass is 16.3. The normalized spacial score (nSPS) is 15.9. The second-order valence-electron chi connectivity index (χ2n) is 2.65. The molecule has 60 valence electrons. The van der Waals surface area contributed by atoms with Crippen LogP contribution in [-0.2, 0) is 4.79 Å². The van der Waals surface area contributed by atoms with Crippen LogP contribution in [-0.4, -0.2) is 23.7 Å². The molecule has 0 saturated carbocycles. The maximum Gasteiger partial charge on any atom is 0.207 e. The lowest BCUT2D eigenvalue weighted by atomic mass is 9.95. The predicted molar refractivity (Wildman–Crippen MR) is 39.6 cm³/mol. The molecule has 0 aromatic rings. The molecule has 0 bridgehead atoms. The summed E-state index contributed by atoms with van der Waals surface area (Å²) in [7, 11) is 0. The molecule has 0 fully saturated rings. The highest BCUT2D eigenvalue weighted by molar-refractivity contribution is 5.47. The Bertz CT molecular complexity index is 106. The monoisotopic (exact) mass is 145 g/mol. The number of hydrogen-bond donors (Lipinski definition) is 2. The fraction of sp³-hybridized carbons (Fsp3) is 0.857. The standard InChI is InChI=1S/C7H15NO2/c1-3-7(2,4-5-9)8-6-10/h6,9H,3-5H2,1-2H3,(H,8,10). The van der Waals surface area contributed by atoms with E-state index < -0.39 is 0 Å². The Morgan fingerprint density at radius 2 is 2.30 bits per heavy atom. The molecular formula is C7H15NO2. The van der Waals surface area contributed by atoms with Gasteiger partial charge >= 0.3 is 0 Å². The number of amides is 1. The van der Waals surface area contributed by atoms with Crippen LogP contribution in [0.5, 0.6) is 0 Å². The van der Waals surface area contributed by atoms with E-state index in [9.17, 15) is 4.79 Å². The van der Waals surface area contributed by atoms with E-state index in [1.165, 1.54) is 0 Å². The van der Waals surface area contributed by atoms with Gasteiger partial charge in [-0.1, -0.05) is 6.92 Å². The maximum absolute atomic E-state index is 10.1. The fourth-order valence-electron chi connectivity index (χ4n) is 0.740. The number of carbonyl (C=O) groups excluding carboxylic acids is 1. The van der Waals surface area contributed by atoms with Crippen molar-refractivity contribution in [3.05, 3.63) is 0 Å². The van der Waals surface area contributed by atoms with E-state index in [-0.39, 0.29) is 12.1 Å². The van der Waals surface area contributed by atoms with Crippen LogP contribution >= 0.6 is 0 Å². The molecule has 10 heavy (non-hydrogen) atoms. The first-order chi connectivity index (χ1) is 4.68. The zero-order valence-electron chi connectivity index (χ0n) is 6.55. The van der Waals surface area contributed by atoms with Crippen LogP contribution in [0.25, 0.3) is 0 Å². The number of rotatable bonds is 5. The predicted octanol–water partition coefficient (Wildman–Crippen LogP) is 0.283. The van der Waals surface area contributed by atoms with Gasteiger partial charge in [0, 0.05) is 12.1 Å². The lowest BCUT2D eigenvalue weighted by molar-refractivity contribution is -0.111. The van der Waals surface area contributed by atoms with Gasteiger partial charge in [0.2, 0.25) is 6.41 Å². The van der Waals surface area contributed by atoms with E-state index in [4.69, 9.17) is 5.11 Å². The molecule has 0 aliphatic heterocycles. The van der Waals surface area contributed by atoms with E-state index in [1.54, 1.807) is 0 Å². The highest BCUT2D eigenvalue weighted by Crippen LogP contribution is 2.11. The van der Waals surface area contributed by atoms with Crippen LogP contribution in [0.2, 0.25) is 0 Å². The lowest BCUT2D eigenvalue weighted by Gasteiger charge is -2.26. The van der Waals surface area contributed by atoms with Crippen molar-refractivity contribution >= 4 is 6.41 Å². The summed E-state index contributed by atoms with van der Waals surface area (Å²) in [6, 6.07) is 0. The van der Waals surface area contributed by atoms with Crippen molar-refractivity contribution in [3.8, 4) is 0 Å². The van der Waals surface area contributed by atoms with Gasteiger partial charge in [-0.05, 0) is 19.8 Å².